The number of hydrogen-bond donors (Lipinski definition) is 1. The van der Waals surface area contributed by atoms with Crippen LogP contribution in [0.4, 0.5) is 13.2 Å². The molecule has 0 aliphatic heterocycles. The summed E-state index contributed by atoms with van der Waals surface area (Å²) in [4.78, 5) is 16.3. The Morgan fingerprint density at radius 2 is 1.84 bits per heavy atom. The van der Waals surface area contributed by atoms with Gasteiger partial charge in [-0.1, -0.05) is 12.1 Å². The maximum atomic E-state index is 12.7. The topological polar surface area (TPSA) is 69.0 Å². The van der Waals surface area contributed by atoms with Crippen molar-refractivity contribution in [2.45, 2.75) is 32.9 Å². The summed E-state index contributed by atoms with van der Waals surface area (Å²) < 4.78 is 44.8. The van der Waals surface area contributed by atoms with Gasteiger partial charge in [0.2, 0.25) is 5.91 Å². The molecular formula is C22H23F3N4O2. The van der Waals surface area contributed by atoms with Crippen LogP contribution >= 0.6 is 0 Å². The first-order valence-electron chi connectivity index (χ1n) is 9.67. The van der Waals surface area contributed by atoms with E-state index < -0.39 is 11.7 Å². The first-order valence-corrected chi connectivity index (χ1v) is 9.67. The van der Waals surface area contributed by atoms with E-state index in [2.05, 4.69) is 15.4 Å². The summed E-state index contributed by atoms with van der Waals surface area (Å²) in [6.07, 6.45) is -2.86. The zero-order valence-corrected chi connectivity index (χ0v) is 17.5. The standard InChI is InChI=1S/C22H23F3N4O2/c1-14-19(12-21(30)26-11-10-16-4-7-18(31-3)8-5-16)15(2)29(28-14)20-9-6-17(13-27-20)22(23,24)25/h4-9,13H,10-12H2,1-3H3,(H,26,30). The van der Waals surface area contributed by atoms with Crippen LogP contribution in [-0.2, 0) is 23.8 Å². The molecule has 9 heteroatoms. The number of carbonyl (C=O) groups excluding carboxylic acids is 1. The van der Waals surface area contributed by atoms with E-state index in [1.807, 2.05) is 24.3 Å². The van der Waals surface area contributed by atoms with Crippen molar-refractivity contribution in [3.8, 4) is 11.6 Å². The van der Waals surface area contributed by atoms with Gasteiger partial charge in [-0.2, -0.15) is 18.3 Å². The highest BCUT2D eigenvalue weighted by molar-refractivity contribution is 5.79. The Balaban J connectivity index is 1.62. The second-order valence-electron chi connectivity index (χ2n) is 7.09. The highest BCUT2D eigenvalue weighted by atomic mass is 19.4. The lowest BCUT2D eigenvalue weighted by molar-refractivity contribution is -0.137. The number of nitrogens with one attached hydrogen (secondary N) is 1. The molecule has 2 heterocycles. The minimum absolute atomic E-state index is 0.126. The highest BCUT2D eigenvalue weighted by Gasteiger charge is 2.30. The van der Waals surface area contributed by atoms with E-state index in [4.69, 9.17) is 4.74 Å². The van der Waals surface area contributed by atoms with Crippen molar-refractivity contribution in [1.82, 2.24) is 20.1 Å². The number of amides is 1. The number of rotatable bonds is 7. The number of benzene rings is 1. The Labute approximate surface area is 178 Å². The van der Waals surface area contributed by atoms with E-state index in [0.29, 0.717) is 24.4 Å². The molecule has 2 aromatic heterocycles. The average molecular weight is 432 g/mol. The number of carbonyl (C=O) groups is 1. The van der Waals surface area contributed by atoms with Crippen molar-refractivity contribution in [2.24, 2.45) is 0 Å². The predicted molar refractivity (Wildman–Crippen MR) is 109 cm³/mol. The summed E-state index contributed by atoms with van der Waals surface area (Å²) in [6, 6.07) is 9.85. The van der Waals surface area contributed by atoms with Gasteiger partial charge in [-0.15, -0.1) is 0 Å². The fourth-order valence-electron chi connectivity index (χ4n) is 3.19. The first kappa shape index (κ1) is 22.3. The Kier molecular flexibility index (Phi) is 6.62. The molecule has 1 aromatic carbocycles. The number of aryl methyl sites for hydroxylation is 1. The molecule has 31 heavy (non-hydrogen) atoms. The number of ether oxygens (including phenoxy) is 1. The second kappa shape index (κ2) is 9.20. The lowest BCUT2D eigenvalue weighted by Crippen LogP contribution is -2.27. The molecule has 0 radical (unpaired) electrons. The minimum Gasteiger partial charge on any atom is -0.497 e. The number of nitrogens with zero attached hydrogens (tertiary/aromatic N) is 3. The molecule has 3 aromatic rings. The van der Waals surface area contributed by atoms with Crippen molar-refractivity contribution in [2.75, 3.05) is 13.7 Å². The molecule has 3 rings (SSSR count). The molecule has 0 bridgehead atoms. The number of aromatic nitrogens is 3. The van der Waals surface area contributed by atoms with Gasteiger partial charge in [-0.25, -0.2) is 9.67 Å². The van der Waals surface area contributed by atoms with E-state index in [-0.39, 0.29) is 18.1 Å². The summed E-state index contributed by atoms with van der Waals surface area (Å²) in [5.41, 5.74) is 2.27. The normalized spacial score (nSPS) is 11.4. The lowest BCUT2D eigenvalue weighted by Gasteiger charge is -2.09. The molecule has 1 amide bonds. The molecule has 0 saturated carbocycles. The van der Waals surface area contributed by atoms with Crippen LogP contribution in [0, 0.1) is 13.8 Å². The summed E-state index contributed by atoms with van der Waals surface area (Å²) in [7, 11) is 1.61. The average Bonchev–Trinajstić information content (AvgIpc) is 3.02. The summed E-state index contributed by atoms with van der Waals surface area (Å²) in [5, 5.41) is 7.24. The van der Waals surface area contributed by atoms with Crippen molar-refractivity contribution in [3.05, 3.63) is 70.7 Å². The number of pyridine rings is 1. The van der Waals surface area contributed by atoms with Crippen LogP contribution in [0.15, 0.2) is 42.6 Å². The van der Waals surface area contributed by atoms with Gasteiger partial charge in [0.25, 0.3) is 0 Å². The Hall–Kier alpha value is -3.36. The van der Waals surface area contributed by atoms with E-state index in [0.717, 1.165) is 29.1 Å². The van der Waals surface area contributed by atoms with Crippen LogP contribution in [0.25, 0.3) is 5.82 Å². The number of halogens is 3. The fraction of sp³-hybridized carbons (Fsp3) is 0.318. The summed E-state index contributed by atoms with van der Waals surface area (Å²) in [5.74, 6) is 0.887. The predicted octanol–water partition coefficient (Wildman–Crippen LogP) is 3.81. The number of hydrogen-bond acceptors (Lipinski definition) is 4. The Morgan fingerprint density at radius 3 is 2.42 bits per heavy atom. The molecule has 0 aliphatic carbocycles. The third kappa shape index (κ3) is 5.42. The van der Waals surface area contributed by atoms with Crippen molar-refractivity contribution in [3.63, 3.8) is 0 Å². The molecule has 1 N–H and O–H groups in total. The minimum atomic E-state index is -4.45. The number of methoxy groups -OCH3 is 1. The van der Waals surface area contributed by atoms with Crippen molar-refractivity contribution in [1.29, 1.82) is 0 Å². The molecular weight excluding hydrogens is 409 g/mol. The van der Waals surface area contributed by atoms with Crippen molar-refractivity contribution >= 4 is 5.91 Å². The van der Waals surface area contributed by atoms with Gasteiger partial charge in [0, 0.05) is 24.0 Å². The maximum absolute atomic E-state index is 12.7. The number of alkyl halides is 3. The van der Waals surface area contributed by atoms with Gasteiger partial charge < -0.3 is 10.1 Å². The van der Waals surface area contributed by atoms with E-state index >= 15 is 0 Å². The van der Waals surface area contributed by atoms with Crippen LogP contribution < -0.4 is 10.1 Å². The van der Waals surface area contributed by atoms with E-state index in [9.17, 15) is 18.0 Å². The summed E-state index contributed by atoms with van der Waals surface area (Å²) in [6.45, 7) is 4.00. The highest BCUT2D eigenvalue weighted by Crippen LogP contribution is 2.29. The van der Waals surface area contributed by atoms with Gasteiger partial charge in [-0.05, 0) is 50.1 Å². The zero-order valence-electron chi connectivity index (χ0n) is 17.5. The van der Waals surface area contributed by atoms with E-state index in [1.165, 1.54) is 10.7 Å². The van der Waals surface area contributed by atoms with Gasteiger partial charge in [0.15, 0.2) is 5.82 Å². The Morgan fingerprint density at radius 1 is 1.13 bits per heavy atom. The molecule has 164 valence electrons. The van der Waals surface area contributed by atoms with Crippen LogP contribution in [0.3, 0.4) is 0 Å². The SMILES string of the molecule is COc1ccc(CCNC(=O)Cc2c(C)nn(-c3ccc(C(F)(F)F)cn3)c2C)cc1. The van der Waals surface area contributed by atoms with E-state index in [1.54, 1.807) is 21.0 Å². The smallest absolute Gasteiger partial charge is 0.417 e. The largest absolute Gasteiger partial charge is 0.497 e. The molecule has 0 saturated heterocycles. The van der Waals surface area contributed by atoms with Crippen molar-refractivity contribution < 1.29 is 22.7 Å². The fourth-order valence-corrected chi connectivity index (χ4v) is 3.19. The summed E-state index contributed by atoms with van der Waals surface area (Å²) >= 11 is 0. The Bertz CT molecular complexity index is 1040. The molecule has 0 spiro atoms. The zero-order chi connectivity index (χ0) is 22.6. The van der Waals surface area contributed by atoms with Crippen LogP contribution in [0.2, 0.25) is 0 Å². The van der Waals surface area contributed by atoms with Gasteiger partial charge in [0.05, 0.1) is 24.8 Å². The third-order valence-corrected chi connectivity index (χ3v) is 4.97. The van der Waals surface area contributed by atoms with Gasteiger partial charge >= 0.3 is 6.18 Å². The molecule has 0 atom stereocenters. The molecule has 0 unspecified atom stereocenters. The van der Waals surface area contributed by atoms with Gasteiger partial charge in [-0.3, -0.25) is 4.79 Å². The quantitative estimate of drug-likeness (QED) is 0.617. The molecule has 6 nitrogen and oxygen atoms in total. The molecule has 0 fully saturated rings. The third-order valence-electron chi connectivity index (χ3n) is 4.97. The molecule has 0 aliphatic rings. The monoisotopic (exact) mass is 432 g/mol. The lowest BCUT2D eigenvalue weighted by atomic mass is 10.1. The second-order valence-corrected chi connectivity index (χ2v) is 7.09. The van der Waals surface area contributed by atoms with Crippen LogP contribution in [0.5, 0.6) is 5.75 Å². The van der Waals surface area contributed by atoms with Crippen LogP contribution in [-0.4, -0.2) is 34.3 Å². The van der Waals surface area contributed by atoms with Crippen LogP contribution in [0.1, 0.15) is 28.1 Å². The van der Waals surface area contributed by atoms with Gasteiger partial charge in [0.1, 0.15) is 5.75 Å². The first-order chi connectivity index (χ1) is 14.7. The maximum Gasteiger partial charge on any atom is 0.417 e.